The van der Waals surface area contributed by atoms with Crippen LogP contribution in [0.25, 0.3) is 11.1 Å². The molecule has 0 heterocycles. The van der Waals surface area contributed by atoms with Gasteiger partial charge < -0.3 is 10.2 Å². The van der Waals surface area contributed by atoms with Crippen LogP contribution in [-0.2, 0) is 0 Å². The molecule has 0 aliphatic heterocycles. The number of aliphatic hydroxyl groups is 2. The summed E-state index contributed by atoms with van der Waals surface area (Å²) < 4.78 is 0. The molecule has 0 unspecified atom stereocenters. The van der Waals surface area contributed by atoms with Crippen molar-refractivity contribution >= 4 is 11.1 Å². The molecule has 2 aromatic rings. The summed E-state index contributed by atoms with van der Waals surface area (Å²) in [5.74, 6) is 0.371. The third kappa shape index (κ3) is 2.17. The number of benzene rings is 2. The van der Waals surface area contributed by atoms with E-state index in [1.807, 2.05) is 38.1 Å². The second-order valence-corrected chi connectivity index (χ2v) is 6.81. The van der Waals surface area contributed by atoms with Gasteiger partial charge in [0.1, 0.15) is 11.5 Å². The number of aliphatic hydroxyl groups excluding tert-OH is 2. The lowest BCUT2D eigenvalue weighted by Crippen LogP contribution is -2.13. The van der Waals surface area contributed by atoms with Crippen molar-refractivity contribution in [2.24, 2.45) is 0 Å². The molecule has 0 saturated carbocycles. The Bertz CT molecular complexity index is 839. The highest BCUT2D eigenvalue weighted by atomic mass is 16.3. The fourth-order valence-electron chi connectivity index (χ4n) is 3.38. The maximum Gasteiger partial charge on any atom is 0.138 e. The third-order valence-electron chi connectivity index (χ3n) is 5.60. The predicted molar refractivity (Wildman–Crippen MR) is 100 cm³/mol. The standard InChI is InChI=1S/C22H24O2/c1-11-7-9-17(15(5)13(11)3)19-21(23)20(22(19)24)18-10-8-12(2)14(4)16(18)6/h7-10,23-24H,1-6H3. The van der Waals surface area contributed by atoms with Gasteiger partial charge in [-0.15, -0.1) is 0 Å². The summed E-state index contributed by atoms with van der Waals surface area (Å²) >= 11 is 0. The second-order valence-electron chi connectivity index (χ2n) is 6.81. The van der Waals surface area contributed by atoms with Gasteiger partial charge in [0.2, 0.25) is 0 Å². The van der Waals surface area contributed by atoms with E-state index in [4.69, 9.17) is 0 Å². The van der Waals surface area contributed by atoms with Crippen molar-refractivity contribution in [3.05, 3.63) is 80.3 Å². The fraction of sp³-hybridized carbons (Fsp3) is 0.273. The number of hydrogen-bond acceptors (Lipinski definition) is 2. The van der Waals surface area contributed by atoms with E-state index in [2.05, 4.69) is 27.7 Å². The first-order valence-electron chi connectivity index (χ1n) is 8.27. The minimum Gasteiger partial charge on any atom is -0.506 e. The van der Waals surface area contributed by atoms with Gasteiger partial charge in [0.15, 0.2) is 0 Å². The molecule has 0 fully saturated rings. The van der Waals surface area contributed by atoms with Crippen molar-refractivity contribution in [3.8, 4) is 0 Å². The molecule has 3 rings (SSSR count). The predicted octanol–water partition coefficient (Wildman–Crippen LogP) is 5.79. The Balaban J connectivity index is 2.11. The van der Waals surface area contributed by atoms with Gasteiger partial charge in [0, 0.05) is 0 Å². The lowest BCUT2D eigenvalue weighted by molar-refractivity contribution is 0.390. The first-order chi connectivity index (χ1) is 11.3. The molecule has 1 aliphatic rings. The van der Waals surface area contributed by atoms with E-state index >= 15 is 0 Å². The molecule has 24 heavy (non-hydrogen) atoms. The van der Waals surface area contributed by atoms with Crippen LogP contribution in [0.5, 0.6) is 0 Å². The van der Waals surface area contributed by atoms with Crippen molar-refractivity contribution < 1.29 is 10.2 Å². The third-order valence-corrected chi connectivity index (χ3v) is 5.60. The highest BCUT2D eigenvalue weighted by molar-refractivity contribution is 6.07. The molecule has 2 N–H and O–H groups in total. The summed E-state index contributed by atoms with van der Waals surface area (Å²) in [5, 5.41) is 21.4. The van der Waals surface area contributed by atoms with Crippen LogP contribution in [0, 0.1) is 41.5 Å². The van der Waals surface area contributed by atoms with Gasteiger partial charge in [-0.3, -0.25) is 0 Å². The maximum atomic E-state index is 10.7. The molecule has 0 bridgehead atoms. The number of aryl methyl sites for hydroxylation is 2. The van der Waals surface area contributed by atoms with Crippen molar-refractivity contribution in [1.82, 2.24) is 0 Å². The van der Waals surface area contributed by atoms with Gasteiger partial charge in [-0.25, -0.2) is 0 Å². The average Bonchev–Trinajstić information content (AvgIpc) is 2.56. The SMILES string of the molecule is Cc1ccc(C2=C(O)C(c3ccc(C)c(C)c3C)=C2O)c(C)c1C. The zero-order valence-electron chi connectivity index (χ0n) is 15.2. The van der Waals surface area contributed by atoms with E-state index in [-0.39, 0.29) is 11.5 Å². The summed E-state index contributed by atoms with van der Waals surface area (Å²) in [5.41, 5.74) is 9.92. The molecule has 0 aromatic heterocycles. The van der Waals surface area contributed by atoms with Crippen LogP contribution >= 0.6 is 0 Å². The molecule has 0 amide bonds. The molecule has 2 aromatic carbocycles. The average molecular weight is 320 g/mol. The minimum absolute atomic E-state index is 0.185. The Kier molecular flexibility index (Phi) is 3.79. The van der Waals surface area contributed by atoms with Crippen LogP contribution in [-0.4, -0.2) is 10.2 Å². The van der Waals surface area contributed by atoms with Gasteiger partial charge in [-0.1, -0.05) is 24.3 Å². The molecule has 0 spiro atoms. The zero-order valence-corrected chi connectivity index (χ0v) is 15.2. The molecular weight excluding hydrogens is 296 g/mol. The summed E-state index contributed by atoms with van der Waals surface area (Å²) in [4.78, 5) is 0. The van der Waals surface area contributed by atoms with Crippen molar-refractivity contribution in [1.29, 1.82) is 0 Å². The fourth-order valence-corrected chi connectivity index (χ4v) is 3.38. The quantitative estimate of drug-likeness (QED) is 0.735. The van der Waals surface area contributed by atoms with Crippen LogP contribution in [0.15, 0.2) is 35.8 Å². The molecule has 1 aliphatic carbocycles. The van der Waals surface area contributed by atoms with Crippen molar-refractivity contribution in [2.45, 2.75) is 41.5 Å². The maximum absolute atomic E-state index is 10.7. The monoisotopic (exact) mass is 320 g/mol. The number of allylic oxidation sites excluding steroid dienone is 2. The van der Waals surface area contributed by atoms with E-state index < -0.39 is 0 Å². The number of rotatable bonds is 2. The molecule has 0 saturated heterocycles. The normalized spacial score (nSPS) is 14.2. The molecule has 124 valence electrons. The Morgan fingerprint density at radius 2 is 0.833 bits per heavy atom. The van der Waals surface area contributed by atoms with Gasteiger partial charge in [0.25, 0.3) is 0 Å². The summed E-state index contributed by atoms with van der Waals surface area (Å²) in [6.45, 7) is 12.3. The van der Waals surface area contributed by atoms with Crippen LogP contribution in [0.1, 0.15) is 44.5 Å². The summed E-state index contributed by atoms with van der Waals surface area (Å²) in [6.07, 6.45) is 0. The minimum atomic E-state index is 0.185. The molecule has 0 atom stereocenters. The van der Waals surface area contributed by atoms with Crippen LogP contribution in [0.3, 0.4) is 0 Å². The Labute approximate surface area is 143 Å². The van der Waals surface area contributed by atoms with Crippen LogP contribution in [0.2, 0.25) is 0 Å². The van der Waals surface area contributed by atoms with Gasteiger partial charge in [0.05, 0.1) is 11.1 Å². The highest BCUT2D eigenvalue weighted by Crippen LogP contribution is 2.46. The van der Waals surface area contributed by atoms with E-state index in [0.717, 1.165) is 22.3 Å². The first-order valence-corrected chi connectivity index (χ1v) is 8.27. The Hall–Kier alpha value is -2.48. The van der Waals surface area contributed by atoms with Crippen molar-refractivity contribution in [3.63, 3.8) is 0 Å². The van der Waals surface area contributed by atoms with Gasteiger partial charge in [-0.2, -0.15) is 0 Å². The Morgan fingerprint density at radius 3 is 1.17 bits per heavy atom. The van der Waals surface area contributed by atoms with Gasteiger partial charge >= 0.3 is 0 Å². The summed E-state index contributed by atoms with van der Waals surface area (Å²) in [7, 11) is 0. The van der Waals surface area contributed by atoms with E-state index in [9.17, 15) is 10.2 Å². The second kappa shape index (κ2) is 5.55. The van der Waals surface area contributed by atoms with Crippen LogP contribution in [0.4, 0.5) is 0 Å². The lowest BCUT2D eigenvalue weighted by atomic mass is 9.80. The first kappa shape index (κ1) is 16.4. The summed E-state index contributed by atoms with van der Waals surface area (Å²) in [6, 6.07) is 8.02. The van der Waals surface area contributed by atoms with E-state index in [1.54, 1.807) is 0 Å². The van der Waals surface area contributed by atoms with Crippen molar-refractivity contribution in [2.75, 3.05) is 0 Å². The van der Waals surface area contributed by atoms with E-state index in [1.165, 1.54) is 22.3 Å². The number of hydrogen-bond donors (Lipinski definition) is 2. The molecule has 2 nitrogen and oxygen atoms in total. The topological polar surface area (TPSA) is 40.5 Å². The smallest absolute Gasteiger partial charge is 0.138 e. The largest absolute Gasteiger partial charge is 0.506 e. The van der Waals surface area contributed by atoms with E-state index in [0.29, 0.717) is 11.1 Å². The Morgan fingerprint density at radius 1 is 0.500 bits per heavy atom. The molecule has 2 heteroatoms. The molecule has 0 radical (unpaired) electrons. The van der Waals surface area contributed by atoms with Crippen LogP contribution < -0.4 is 0 Å². The highest BCUT2D eigenvalue weighted by Gasteiger charge is 2.33. The zero-order chi connectivity index (χ0) is 17.8. The lowest BCUT2D eigenvalue weighted by Gasteiger charge is -2.27. The van der Waals surface area contributed by atoms with Gasteiger partial charge in [-0.05, 0) is 86.1 Å². The molecular formula is C22H24O2.